The zero-order chi connectivity index (χ0) is 11.1. The van der Waals surface area contributed by atoms with Gasteiger partial charge in [-0.2, -0.15) is 0 Å². The van der Waals surface area contributed by atoms with Crippen LogP contribution in [0.3, 0.4) is 0 Å². The summed E-state index contributed by atoms with van der Waals surface area (Å²) in [6, 6.07) is 0.532. The van der Waals surface area contributed by atoms with Crippen LogP contribution >= 0.6 is 11.3 Å². The second kappa shape index (κ2) is 6.93. The van der Waals surface area contributed by atoms with Crippen LogP contribution in [0, 0.1) is 0 Å². The Bertz CT molecular complexity index is 273. The van der Waals surface area contributed by atoms with E-state index in [1.807, 2.05) is 6.20 Å². The van der Waals surface area contributed by atoms with Gasteiger partial charge in [-0.05, 0) is 6.42 Å². The van der Waals surface area contributed by atoms with Crippen molar-refractivity contribution >= 4 is 11.3 Å². The first-order chi connectivity index (χ1) is 7.22. The molecule has 0 aliphatic carbocycles. The molecule has 86 valence electrons. The highest BCUT2D eigenvalue weighted by Gasteiger charge is 2.02. The standard InChI is InChI=1S/C11H20N2OS/c1-9(2)12-7-10-8-13-11(15-10)5-4-6-14-3/h8-9,12H,4-7H2,1-3H3. The Kier molecular flexibility index (Phi) is 5.83. The van der Waals surface area contributed by atoms with Gasteiger partial charge in [0.1, 0.15) is 0 Å². The molecule has 0 aliphatic heterocycles. The number of nitrogens with zero attached hydrogens (tertiary/aromatic N) is 1. The van der Waals surface area contributed by atoms with Crippen molar-refractivity contribution in [1.82, 2.24) is 10.3 Å². The molecule has 0 bridgehead atoms. The van der Waals surface area contributed by atoms with Crippen LogP contribution in [0.1, 0.15) is 30.2 Å². The summed E-state index contributed by atoms with van der Waals surface area (Å²) in [6.45, 7) is 6.06. The monoisotopic (exact) mass is 228 g/mol. The third-order valence-electron chi connectivity index (χ3n) is 2.03. The van der Waals surface area contributed by atoms with E-state index in [0.29, 0.717) is 6.04 Å². The smallest absolute Gasteiger partial charge is 0.0929 e. The Morgan fingerprint density at radius 1 is 1.53 bits per heavy atom. The zero-order valence-electron chi connectivity index (χ0n) is 9.75. The predicted octanol–water partition coefficient (Wildman–Crippen LogP) is 2.22. The number of methoxy groups -OCH3 is 1. The fraction of sp³-hybridized carbons (Fsp3) is 0.727. The Morgan fingerprint density at radius 3 is 3.00 bits per heavy atom. The normalized spacial score (nSPS) is 11.2. The Hall–Kier alpha value is -0.450. The van der Waals surface area contributed by atoms with Gasteiger partial charge < -0.3 is 10.1 Å². The minimum Gasteiger partial charge on any atom is -0.385 e. The average Bonchev–Trinajstić information content (AvgIpc) is 2.63. The maximum atomic E-state index is 5.01. The van der Waals surface area contributed by atoms with Gasteiger partial charge in [0.25, 0.3) is 0 Å². The summed E-state index contributed by atoms with van der Waals surface area (Å²) in [4.78, 5) is 5.70. The Balaban J connectivity index is 2.29. The highest BCUT2D eigenvalue weighted by Crippen LogP contribution is 2.14. The molecule has 0 spiro atoms. The van der Waals surface area contributed by atoms with Crippen molar-refractivity contribution in [2.45, 2.75) is 39.3 Å². The van der Waals surface area contributed by atoms with E-state index in [-0.39, 0.29) is 0 Å². The van der Waals surface area contributed by atoms with Crippen molar-refractivity contribution in [3.63, 3.8) is 0 Å². The van der Waals surface area contributed by atoms with Crippen LogP contribution in [0.2, 0.25) is 0 Å². The maximum absolute atomic E-state index is 5.01. The van der Waals surface area contributed by atoms with Crippen molar-refractivity contribution in [2.75, 3.05) is 13.7 Å². The quantitative estimate of drug-likeness (QED) is 0.727. The summed E-state index contributed by atoms with van der Waals surface area (Å²) < 4.78 is 5.01. The van der Waals surface area contributed by atoms with Crippen LogP contribution in [0.4, 0.5) is 0 Å². The van der Waals surface area contributed by atoms with E-state index in [4.69, 9.17) is 4.74 Å². The molecule has 1 heterocycles. The lowest BCUT2D eigenvalue weighted by Crippen LogP contribution is -2.21. The predicted molar refractivity (Wildman–Crippen MR) is 64.3 cm³/mol. The summed E-state index contributed by atoms with van der Waals surface area (Å²) in [6.07, 6.45) is 4.06. The molecule has 0 unspecified atom stereocenters. The van der Waals surface area contributed by atoms with Crippen LogP contribution in [0.15, 0.2) is 6.20 Å². The number of aryl methyl sites for hydroxylation is 1. The molecule has 0 atom stereocenters. The van der Waals surface area contributed by atoms with Gasteiger partial charge in [-0.3, -0.25) is 0 Å². The number of hydrogen-bond donors (Lipinski definition) is 1. The fourth-order valence-electron chi connectivity index (χ4n) is 1.22. The van der Waals surface area contributed by atoms with Crippen LogP contribution in [-0.4, -0.2) is 24.7 Å². The first-order valence-electron chi connectivity index (χ1n) is 5.38. The van der Waals surface area contributed by atoms with Gasteiger partial charge in [0.15, 0.2) is 0 Å². The van der Waals surface area contributed by atoms with Crippen LogP contribution < -0.4 is 5.32 Å². The van der Waals surface area contributed by atoms with Gasteiger partial charge in [-0.1, -0.05) is 13.8 Å². The second-order valence-corrected chi connectivity index (χ2v) is 5.05. The maximum Gasteiger partial charge on any atom is 0.0929 e. The minimum absolute atomic E-state index is 0.532. The van der Waals surface area contributed by atoms with Gasteiger partial charge >= 0.3 is 0 Å². The third-order valence-corrected chi connectivity index (χ3v) is 3.08. The molecule has 0 aliphatic rings. The highest BCUT2D eigenvalue weighted by atomic mass is 32.1. The summed E-state index contributed by atoms with van der Waals surface area (Å²) >= 11 is 1.80. The van der Waals surface area contributed by atoms with Gasteiger partial charge in [0.2, 0.25) is 0 Å². The lowest BCUT2D eigenvalue weighted by molar-refractivity contribution is 0.195. The van der Waals surface area contributed by atoms with Crippen LogP contribution in [0.25, 0.3) is 0 Å². The number of thiazole rings is 1. The van der Waals surface area contributed by atoms with E-state index in [9.17, 15) is 0 Å². The number of nitrogens with one attached hydrogen (secondary N) is 1. The topological polar surface area (TPSA) is 34.1 Å². The van der Waals surface area contributed by atoms with Gasteiger partial charge in [-0.15, -0.1) is 11.3 Å². The fourth-order valence-corrected chi connectivity index (χ4v) is 2.13. The van der Waals surface area contributed by atoms with Crippen molar-refractivity contribution in [3.8, 4) is 0 Å². The minimum atomic E-state index is 0.532. The third kappa shape index (κ3) is 5.25. The van der Waals surface area contributed by atoms with Gasteiger partial charge in [0, 0.05) is 43.8 Å². The Labute approximate surface area is 95.9 Å². The summed E-state index contributed by atoms with van der Waals surface area (Å²) in [5, 5.41) is 4.60. The first-order valence-corrected chi connectivity index (χ1v) is 6.20. The SMILES string of the molecule is COCCCc1ncc(CNC(C)C)s1. The molecular formula is C11H20N2OS. The van der Waals surface area contributed by atoms with Crippen molar-refractivity contribution in [1.29, 1.82) is 0 Å². The number of rotatable bonds is 7. The van der Waals surface area contributed by atoms with Crippen molar-refractivity contribution < 1.29 is 4.74 Å². The molecule has 0 aromatic carbocycles. The van der Waals surface area contributed by atoms with E-state index in [0.717, 1.165) is 26.0 Å². The number of hydrogen-bond acceptors (Lipinski definition) is 4. The number of ether oxygens (including phenoxy) is 1. The van der Waals surface area contributed by atoms with E-state index in [2.05, 4.69) is 24.1 Å². The van der Waals surface area contributed by atoms with Gasteiger partial charge in [0.05, 0.1) is 5.01 Å². The van der Waals surface area contributed by atoms with Gasteiger partial charge in [-0.25, -0.2) is 4.98 Å². The molecule has 1 rings (SSSR count). The summed E-state index contributed by atoms with van der Waals surface area (Å²) in [5.41, 5.74) is 0. The average molecular weight is 228 g/mol. The number of aromatic nitrogens is 1. The molecule has 1 aromatic heterocycles. The molecule has 4 heteroatoms. The summed E-state index contributed by atoms with van der Waals surface area (Å²) in [5.74, 6) is 0. The van der Waals surface area contributed by atoms with E-state index >= 15 is 0 Å². The molecular weight excluding hydrogens is 208 g/mol. The molecule has 1 aromatic rings. The summed E-state index contributed by atoms with van der Waals surface area (Å²) in [7, 11) is 1.74. The largest absolute Gasteiger partial charge is 0.385 e. The van der Waals surface area contributed by atoms with E-state index in [1.165, 1.54) is 9.88 Å². The lowest BCUT2D eigenvalue weighted by Gasteiger charge is -2.04. The first kappa shape index (κ1) is 12.6. The molecule has 0 amide bonds. The zero-order valence-corrected chi connectivity index (χ0v) is 10.6. The van der Waals surface area contributed by atoms with Crippen molar-refractivity contribution in [3.05, 3.63) is 16.1 Å². The molecule has 0 saturated carbocycles. The highest BCUT2D eigenvalue weighted by molar-refractivity contribution is 7.11. The van der Waals surface area contributed by atoms with Crippen molar-refractivity contribution in [2.24, 2.45) is 0 Å². The molecule has 3 nitrogen and oxygen atoms in total. The molecule has 1 N–H and O–H groups in total. The Morgan fingerprint density at radius 2 is 2.33 bits per heavy atom. The molecule has 15 heavy (non-hydrogen) atoms. The molecule has 0 saturated heterocycles. The van der Waals surface area contributed by atoms with Crippen LogP contribution in [0.5, 0.6) is 0 Å². The van der Waals surface area contributed by atoms with E-state index in [1.54, 1.807) is 18.4 Å². The van der Waals surface area contributed by atoms with E-state index < -0.39 is 0 Å². The molecule has 0 fully saturated rings. The molecule has 0 radical (unpaired) electrons. The second-order valence-electron chi connectivity index (χ2n) is 3.85. The lowest BCUT2D eigenvalue weighted by atomic mass is 10.3. The van der Waals surface area contributed by atoms with Crippen LogP contribution in [-0.2, 0) is 17.7 Å².